The average Bonchev–Trinajstić information content (AvgIpc) is 2.68. The SMILES string of the molecule is CC1CCCCN1Cc1scnc1CC(=O)O. The molecular formula is C12H18N2O2S. The molecule has 1 aromatic rings. The van der Waals surface area contributed by atoms with Gasteiger partial charge in [0.2, 0.25) is 0 Å². The van der Waals surface area contributed by atoms with Gasteiger partial charge < -0.3 is 5.11 Å². The minimum absolute atomic E-state index is 0.0427. The van der Waals surface area contributed by atoms with Gasteiger partial charge in [0.05, 0.1) is 17.6 Å². The zero-order valence-electron chi connectivity index (χ0n) is 10.1. The number of aromatic nitrogens is 1. The number of hydrogen-bond donors (Lipinski definition) is 1. The summed E-state index contributed by atoms with van der Waals surface area (Å²) < 4.78 is 0. The van der Waals surface area contributed by atoms with E-state index in [0.717, 1.165) is 23.7 Å². The maximum atomic E-state index is 10.7. The lowest BCUT2D eigenvalue weighted by molar-refractivity contribution is -0.136. The van der Waals surface area contributed by atoms with Crippen LogP contribution in [-0.2, 0) is 17.8 Å². The Morgan fingerprint density at radius 1 is 1.65 bits per heavy atom. The molecule has 1 N–H and O–H groups in total. The molecule has 17 heavy (non-hydrogen) atoms. The topological polar surface area (TPSA) is 53.4 Å². The standard InChI is InChI=1S/C12H18N2O2S/c1-9-4-2-3-5-14(9)7-11-10(6-12(15)16)13-8-17-11/h8-9H,2-7H2,1H3,(H,15,16). The molecule has 1 saturated heterocycles. The molecule has 0 bridgehead atoms. The van der Waals surface area contributed by atoms with Crippen molar-refractivity contribution in [2.75, 3.05) is 6.54 Å². The Morgan fingerprint density at radius 3 is 3.18 bits per heavy atom. The van der Waals surface area contributed by atoms with E-state index in [1.54, 1.807) is 16.8 Å². The van der Waals surface area contributed by atoms with Gasteiger partial charge in [-0.15, -0.1) is 11.3 Å². The van der Waals surface area contributed by atoms with Gasteiger partial charge in [0.1, 0.15) is 0 Å². The predicted molar refractivity (Wildman–Crippen MR) is 67.2 cm³/mol. The van der Waals surface area contributed by atoms with Crippen LogP contribution in [0, 0.1) is 0 Å². The fourth-order valence-electron chi connectivity index (χ4n) is 2.29. The Morgan fingerprint density at radius 2 is 2.47 bits per heavy atom. The molecule has 5 heteroatoms. The third kappa shape index (κ3) is 3.26. The molecule has 1 aromatic heterocycles. The molecule has 1 aliphatic heterocycles. The third-order valence-corrected chi connectivity index (χ3v) is 4.19. The summed E-state index contributed by atoms with van der Waals surface area (Å²) in [4.78, 5) is 18.4. The van der Waals surface area contributed by atoms with Crippen LogP contribution in [0.1, 0.15) is 36.8 Å². The summed E-state index contributed by atoms with van der Waals surface area (Å²) in [5.41, 5.74) is 2.49. The van der Waals surface area contributed by atoms with Crippen molar-refractivity contribution in [2.24, 2.45) is 0 Å². The van der Waals surface area contributed by atoms with E-state index in [1.165, 1.54) is 19.3 Å². The molecule has 94 valence electrons. The van der Waals surface area contributed by atoms with Crippen LogP contribution in [0.15, 0.2) is 5.51 Å². The molecule has 1 fully saturated rings. The fourth-order valence-corrected chi connectivity index (χ4v) is 3.10. The van der Waals surface area contributed by atoms with Crippen LogP contribution < -0.4 is 0 Å². The van der Waals surface area contributed by atoms with Gasteiger partial charge in [0.25, 0.3) is 0 Å². The Balaban J connectivity index is 2.02. The van der Waals surface area contributed by atoms with Gasteiger partial charge in [-0.1, -0.05) is 6.42 Å². The van der Waals surface area contributed by atoms with Gasteiger partial charge >= 0.3 is 5.97 Å². The molecule has 0 radical (unpaired) electrons. The van der Waals surface area contributed by atoms with E-state index in [-0.39, 0.29) is 6.42 Å². The molecule has 2 heterocycles. The summed E-state index contributed by atoms with van der Waals surface area (Å²) in [6.07, 6.45) is 3.84. The zero-order chi connectivity index (χ0) is 12.3. The number of hydrogen-bond acceptors (Lipinski definition) is 4. The number of carboxylic acids is 1. The zero-order valence-corrected chi connectivity index (χ0v) is 10.9. The number of piperidine rings is 1. The molecular weight excluding hydrogens is 236 g/mol. The molecule has 0 spiro atoms. The number of nitrogens with zero attached hydrogens (tertiary/aromatic N) is 2. The minimum atomic E-state index is -0.802. The summed E-state index contributed by atoms with van der Waals surface area (Å²) in [7, 11) is 0. The number of thiazole rings is 1. The Bertz CT molecular complexity index is 392. The first-order valence-corrected chi connectivity index (χ1v) is 6.92. The average molecular weight is 254 g/mol. The van der Waals surface area contributed by atoms with Crippen LogP contribution in [0.2, 0.25) is 0 Å². The predicted octanol–water partition coefficient (Wildman–Crippen LogP) is 2.14. The van der Waals surface area contributed by atoms with Crippen molar-refractivity contribution in [1.82, 2.24) is 9.88 Å². The van der Waals surface area contributed by atoms with Gasteiger partial charge in [0, 0.05) is 17.5 Å². The lowest BCUT2D eigenvalue weighted by atomic mass is 10.0. The van der Waals surface area contributed by atoms with E-state index in [0.29, 0.717) is 6.04 Å². The summed E-state index contributed by atoms with van der Waals surface area (Å²) in [5.74, 6) is -0.802. The van der Waals surface area contributed by atoms with Crippen LogP contribution in [0.4, 0.5) is 0 Å². The van der Waals surface area contributed by atoms with Crippen molar-refractivity contribution < 1.29 is 9.90 Å². The lowest BCUT2D eigenvalue weighted by Gasteiger charge is -2.33. The van der Waals surface area contributed by atoms with Crippen LogP contribution >= 0.6 is 11.3 Å². The minimum Gasteiger partial charge on any atom is -0.481 e. The van der Waals surface area contributed by atoms with E-state index >= 15 is 0 Å². The molecule has 2 rings (SSSR count). The smallest absolute Gasteiger partial charge is 0.309 e. The van der Waals surface area contributed by atoms with Crippen LogP contribution in [-0.4, -0.2) is 33.5 Å². The highest BCUT2D eigenvalue weighted by atomic mass is 32.1. The highest BCUT2D eigenvalue weighted by molar-refractivity contribution is 7.09. The maximum absolute atomic E-state index is 10.7. The van der Waals surface area contributed by atoms with Gasteiger partial charge in [0.15, 0.2) is 0 Å². The normalized spacial score (nSPS) is 21.6. The molecule has 0 aromatic carbocycles. The van der Waals surface area contributed by atoms with Crippen molar-refractivity contribution in [1.29, 1.82) is 0 Å². The van der Waals surface area contributed by atoms with E-state index < -0.39 is 5.97 Å². The van der Waals surface area contributed by atoms with Crippen molar-refractivity contribution in [3.63, 3.8) is 0 Å². The Hall–Kier alpha value is -0.940. The first-order valence-electron chi connectivity index (χ1n) is 6.04. The van der Waals surface area contributed by atoms with Crippen molar-refractivity contribution in [3.8, 4) is 0 Å². The third-order valence-electron chi connectivity index (χ3n) is 3.33. The maximum Gasteiger partial charge on any atom is 0.309 e. The number of likely N-dealkylation sites (tertiary alicyclic amines) is 1. The van der Waals surface area contributed by atoms with Gasteiger partial charge in [-0.05, 0) is 26.3 Å². The lowest BCUT2D eigenvalue weighted by Crippen LogP contribution is -2.36. The van der Waals surface area contributed by atoms with Gasteiger partial charge in [-0.2, -0.15) is 0 Å². The van der Waals surface area contributed by atoms with Crippen LogP contribution in [0.5, 0.6) is 0 Å². The Labute approximate surface area is 105 Å². The molecule has 1 aliphatic rings. The fraction of sp³-hybridized carbons (Fsp3) is 0.667. The van der Waals surface area contributed by atoms with E-state index in [1.807, 2.05) is 0 Å². The van der Waals surface area contributed by atoms with Gasteiger partial charge in [-0.25, -0.2) is 4.98 Å². The van der Waals surface area contributed by atoms with E-state index in [2.05, 4.69) is 16.8 Å². The van der Waals surface area contributed by atoms with E-state index in [4.69, 9.17) is 5.11 Å². The molecule has 4 nitrogen and oxygen atoms in total. The van der Waals surface area contributed by atoms with Crippen LogP contribution in [0.25, 0.3) is 0 Å². The quantitative estimate of drug-likeness (QED) is 0.894. The largest absolute Gasteiger partial charge is 0.481 e. The summed E-state index contributed by atoms with van der Waals surface area (Å²) >= 11 is 1.57. The second kappa shape index (κ2) is 5.60. The number of rotatable bonds is 4. The summed E-state index contributed by atoms with van der Waals surface area (Å²) in [6, 6.07) is 0.600. The molecule has 1 atom stereocenters. The summed E-state index contributed by atoms with van der Waals surface area (Å²) in [5, 5.41) is 8.82. The molecule has 0 amide bonds. The van der Waals surface area contributed by atoms with Gasteiger partial charge in [-0.3, -0.25) is 9.69 Å². The van der Waals surface area contributed by atoms with E-state index in [9.17, 15) is 4.79 Å². The molecule has 0 saturated carbocycles. The number of aliphatic carboxylic acids is 1. The van der Waals surface area contributed by atoms with Crippen molar-refractivity contribution in [2.45, 2.75) is 45.2 Å². The van der Waals surface area contributed by atoms with Crippen molar-refractivity contribution >= 4 is 17.3 Å². The second-order valence-electron chi connectivity index (χ2n) is 4.61. The first-order chi connectivity index (χ1) is 8.16. The highest BCUT2D eigenvalue weighted by Crippen LogP contribution is 2.22. The van der Waals surface area contributed by atoms with Crippen molar-refractivity contribution in [3.05, 3.63) is 16.1 Å². The molecule has 1 unspecified atom stereocenters. The Kier molecular flexibility index (Phi) is 4.12. The van der Waals surface area contributed by atoms with Crippen LogP contribution in [0.3, 0.4) is 0 Å². The number of carboxylic acid groups (broad SMARTS) is 1. The number of carbonyl (C=O) groups is 1. The monoisotopic (exact) mass is 254 g/mol. The summed E-state index contributed by atoms with van der Waals surface area (Å²) in [6.45, 7) is 4.22. The highest BCUT2D eigenvalue weighted by Gasteiger charge is 2.20. The second-order valence-corrected chi connectivity index (χ2v) is 5.55. The first kappa shape index (κ1) is 12.5. The molecule has 0 aliphatic carbocycles.